The number of rotatable bonds is 5. The summed E-state index contributed by atoms with van der Waals surface area (Å²) in [6.45, 7) is 0.896. The van der Waals surface area contributed by atoms with Crippen LogP contribution >= 0.6 is 0 Å². The van der Waals surface area contributed by atoms with Gasteiger partial charge in [0.25, 0.3) is 0 Å². The van der Waals surface area contributed by atoms with Crippen LogP contribution in [0.4, 0.5) is 0 Å². The van der Waals surface area contributed by atoms with Crippen LogP contribution in [0.15, 0.2) is 42.5 Å². The Labute approximate surface area is 147 Å². The van der Waals surface area contributed by atoms with Gasteiger partial charge in [-0.05, 0) is 61.6 Å². The number of aromatic hydroxyl groups is 1. The van der Waals surface area contributed by atoms with Gasteiger partial charge in [0.05, 0.1) is 7.11 Å². The molecule has 3 aromatic rings. The maximum atomic E-state index is 9.70. The highest BCUT2D eigenvalue weighted by Crippen LogP contribution is 2.34. The molecule has 0 spiro atoms. The van der Waals surface area contributed by atoms with Crippen LogP contribution in [-0.2, 0) is 12.8 Å². The lowest BCUT2D eigenvalue weighted by Crippen LogP contribution is -2.27. The first-order valence-corrected chi connectivity index (χ1v) is 8.95. The lowest BCUT2D eigenvalue weighted by atomic mass is 9.91. The minimum atomic E-state index is 0.189. The molecule has 2 aromatic carbocycles. The molecular weight excluding hydrogens is 312 g/mol. The molecule has 4 nitrogen and oxygen atoms in total. The lowest BCUT2D eigenvalue weighted by Gasteiger charge is -2.24. The molecule has 25 heavy (non-hydrogen) atoms. The van der Waals surface area contributed by atoms with E-state index < -0.39 is 0 Å². The zero-order valence-electron chi connectivity index (χ0n) is 14.5. The molecule has 1 atom stereocenters. The highest BCUT2D eigenvalue weighted by atomic mass is 16.5. The average molecular weight is 336 g/mol. The topological polar surface area (TPSA) is 57.3 Å². The van der Waals surface area contributed by atoms with Crippen LogP contribution in [0.5, 0.6) is 11.5 Å². The van der Waals surface area contributed by atoms with Crippen molar-refractivity contribution >= 4 is 10.9 Å². The number of aryl methyl sites for hydroxylation is 1. The molecule has 1 aliphatic carbocycles. The second kappa shape index (κ2) is 6.81. The van der Waals surface area contributed by atoms with E-state index in [-0.39, 0.29) is 5.75 Å². The van der Waals surface area contributed by atoms with Crippen LogP contribution in [0, 0.1) is 0 Å². The summed E-state index contributed by atoms with van der Waals surface area (Å²) in [5.74, 6) is 0.724. The van der Waals surface area contributed by atoms with E-state index in [0.29, 0.717) is 11.8 Å². The van der Waals surface area contributed by atoms with Crippen molar-refractivity contribution < 1.29 is 9.84 Å². The third kappa shape index (κ3) is 3.10. The number of para-hydroxylation sites is 1. The number of fused-ring (bicyclic) bond motifs is 3. The van der Waals surface area contributed by atoms with E-state index >= 15 is 0 Å². The van der Waals surface area contributed by atoms with Crippen molar-refractivity contribution in [1.29, 1.82) is 0 Å². The summed E-state index contributed by atoms with van der Waals surface area (Å²) in [4.78, 5) is 3.62. The third-order valence-corrected chi connectivity index (χ3v) is 5.16. The monoisotopic (exact) mass is 336 g/mol. The Morgan fingerprint density at radius 2 is 2.12 bits per heavy atom. The van der Waals surface area contributed by atoms with E-state index in [2.05, 4.69) is 34.6 Å². The summed E-state index contributed by atoms with van der Waals surface area (Å²) in [6.07, 6.45) is 4.45. The van der Waals surface area contributed by atoms with Gasteiger partial charge in [-0.15, -0.1) is 0 Å². The molecular formula is C21H24N2O2. The van der Waals surface area contributed by atoms with E-state index in [9.17, 15) is 5.11 Å². The lowest BCUT2D eigenvalue weighted by molar-refractivity contribution is 0.373. The third-order valence-electron chi connectivity index (χ3n) is 5.16. The second-order valence-corrected chi connectivity index (χ2v) is 6.72. The number of benzene rings is 2. The standard InChI is InChI=1S/C21H24N2O2/c1-25-20-13-14(9-10-19(20)24)11-12-22-18-8-4-6-16-15-5-2-3-7-17(15)23-21(16)18/h2-3,5,7,9-10,13,18,22-24H,4,6,8,11-12H2,1H3. The Morgan fingerprint density at radius 3 is 3.00 bits per heavy atom. The van der Waals surface area contributed by atoms with Gasteiger partial charge in [0.15, 0.2) is 11.5 Å². The predicted molar refractivity (Wildman–Crippen MR) is 100 cm³/mol. The molecule has 0 fully saturated rings. The van der Waals surface area contributed by atoms with Crippen LogP contribution in [-0.4, -0.2) is 23.7 Å². The first kappa shape index (κ1) is 16.0. The number of methoxy groups -OCH3 is 1. The Morgan fingerprint density at radius 1 is 1.24 bits per heavy atom. The van der Waals surface area contributed by atoms with Gasteiger partial charge in [0.2, 0.25) is 0 Å². The van der Waals surface area contributed by atoms with E-state index in [0.717, 1.165) is 24.9 Å². The van der Waals surface area contributed by atoms with Gasteiger partial charge >= 0.3 is 0 Å². The average Bonchev–Trinajstić information content (AvgIpc) is 3.03. The van der Waals surface area contributed by atoms with Crippen molar-refractivity contribution in [1.82, 2.24) is 10.3 Å². The summed E-state index contributed by atoms with van der Waals surface area (Å²) < 4.78 is 5.19. The minimum absolute atomic E-state index is 0.189. The van der Waals surface area contributed by atoms with E-state index in [1.807, 2.05) is 12.1 Å². The van der Waals surface area contributed by atoms with Crippen LogP contribution in [0.2, 0.25) is 0 Å². The summed E-state index contributed by atoms with van der Waals surface area (Å²) in [5.41, 5.74) is 5.24. The molecule has 4 heteroatoms. The number of aromatic amines is 1. The number of hydrogen-bond donors (Lipinski definition) is 3. The van der Waals surface area contributed by atoms with Gasteiger partial charge in [-0.2, -0.15) is 0 Å². The summed E-state index contributed by atoms with van der Waals surface area (Å²) in [7, 11) is 1.58. The smallest absolute Gasteiger partial charge is 0.160 e. The van der Waals surface area contributed by atoms with E-state index in [4.69, 9.17) is 4.74 Å². The first-order chi connectivity index (χ1) is 12.3. The molecule has 1 aliphatic rings. The number of hydrogen-bond acceptors (Lipinski definition) is 3. The Balaban J connectivity index is 1.46. The molecule has 1 aromatic heterocycles. The quantitative estimate of drug-likeness (QED) is 0.658. The maximum absolute atomic E-state index is 9.70. The Bertz CT molecular complexity index is 885. The summed E-state index contributed by atoms with van der Waals surface area (Å²) in [5, 5.41) is 14.8. The number of phenols is 1. The molecule has 4 rings (SSSR count). The van der Waals surface area contributed by atoms with Gasteiger partial charge in [-0.1, -0.05) is 24.3 Å². The van der Waals surface area contributed by atoms with Crippen molar-refractivity contribution in [2.24, 2.45) is 0 Å². The predicted octanol–water partition coefficient (Wildman–Crippen LogP) is 4.09. The fourth-order valence-electron chi connectivity index (χ4n) is 3.89. The second-order valence-electron chi connectivity index (χ2n) is 6.72. The van der Waals surface area contributed by atoms with Gasteiger partial charge in [0, 0.05) is 22.6 Å². The van der Waals surface area contributed by atoms with Gasteiger partial charge < -0.3 is 20.1 Å². The van der Waals surface area contributed by atoms with Gasteiger partial charge in [-0.3, -0.25) is 0 Å². The maximum Gasteiger partial charge on any atom is 0.160 e. The minimum Gasteiger partial charge on any atom is -0.504 e. The Kier molecular flexibility index (Phi) is 4.36. The normalized spacial score (nSPS) is 16.8. The van der Waals surface area contributed by atoms with Crippen molar-refractivity contribution in [3.8, 4) is 11.5 Å². The number of ether oxygens (including phenoxy) is 1. The van der Waals surface area contributed by atoms with Crippen LogP contribution < -0.4 is 10.1 Å². The molecule has 1 heterocycles. The molecule has 3 N–H and O–H groups in total. The van der Waals surface area contributed by atoms with Gasteiger partial charge in [0.1, 0.15) is 0 Å². The summed E-state index contributed by atoms with van der Waals surface area (Å²) in [6, 6.07) is 14.5. The first-order valence-electron chi connectivity index (χ1n) is 8.95. The molecule has 0 radical (unpaired) electrons. The van der Waals surface area contributed by atoms with Gasteiger partial charge in [-0.25, -0.2) is 0 Å². The molecule has 1 unspecified atom stereocenters. The molecule has 0 saturated heterocycles. The number of nitrogens with one attached hydrogen (secondary N) is 2. The van der Waals surface area contributed by atoms with Crippen molar-refractivity contribution in [2.45, 2.75) is 31.7 Å². The molecule has 0 amide bonds. The molecule has 0 bridgehead atoms. The van der Waals surface area contributed by atoms with E-state index in [1.54, 1.807) is 13.2 Å². The Hall–Kier alpha value is -2.46. The number of phenolic OH excluding ortho intramolecular Hbond substituents is 1. The zero-order valence-corrected chi connectivity index (χ0v) is 14.5. The zero-order chi connectivity index (χ0) is 17.2. The van der Waals surface area contributed by atoms with Crippen molar-refractivity contribution in [2.75, 3.05) is 13.7 Å². The SMILES string of the molecule is COc1cc(CCNC2CCCc3c2[nH]c2ccccc32)ccc1O. The van der Waals surface area contributed by atoms with Crippen LogP contribution in [0.3, 0.4) is 0 Å². The fraction of sp³-hybridized carbons (Fsp3) is 0.333. The fourth-order valence-corrected chi connectivity index (χ4v) is 3.89. The van der Waals surface area contributed by atoms with Crippen molar-refractivity contribution in [3.05, 3.63) is 59.3 Å². The van der Waals surface area contributed by atoms with E-state index in [1.165, 1.54) is 35.0 Å². The largest absolute Gasteiger partial charge is 0.504 e. The van der Waals surface area contributed by atoms with Crippen molar-refractivity contribution in [3.63, 3.8) is 0 Å². The van der Waals surface area contributed by atoms with Crippen LogP contribution in [0.25, 0.3) is 10.9 Å². The number of H-pyrrole nitrogens is 1. The summed E-state index contributed by atoms with van der Waals surface area (Å²) >= 11 is 0. The molecule has 0 saturated carbocycles. The highest BCUT2D eigenvalue weighted by molar-refractivity contribution is 5.85. The highest BCUT2D eigenvalue weighted by Gasteiger charge is 2.23. The molecule has 0 aliphatic heterocycles. The van der Waals surface area contributed by atoms with Crippen LogP contribution in [0.1, 0.15) is 35.7 Å². The number of aromatic nitrogens is 1. The molecule has 130 valence electrons.